The average molecular weight is 234 g/mol. The molecule has 0 saturated heterocycles. The third-order valence-electron chi connectivity index (χ3n) is 2.45. The number of aryl methyl sites for hydroxylation is 1. The molecule has 2 rings (SSSR count). The number of benzene rings is 1. The van der Waals surface area contributed by atoms with Crippen molar-refractivity contribution in [3.63, 3.8) is 0 Å². The Hall–Kier alpha value is -2.37. The van der Waals surface area contributed by atoms with Gasteiger partial charge in [0.05, 0.1) is 0 Å². The van der Waals surface area contributed by atoms with Crippen LogP contribution in [0.15, 0.2) is 29.3 Å². The minimum absolute atomic E-state index is 0.300. The Balaban J connectivity index is 2.60. The van der Waals surface area contributed by atoms with Crippen LogP contribution in [0.3, 0.4) is 0 Å². The highest BCUT2D eigenvalue weighted by Crippen LogP contribution is 2.20. The van der Waals surface area contributed by atoms with Gasteiger partial charge in [-0.2, -0.15) is 4.99 Å². The lowest BCUT2D eigenvalue weighted by Crippen LogP contribution is -2.24. The summed E-state index contributed by atoms with van der Waals surface area (Å²) in [6.07, 6.45) is 0. The molecule has 1 aromatic carbocycles. The maximum absolute atomic E-state index is 13.0. The number of guanidine groups is 1. The van der Waals surface area contributed by atoms with Gasteiger partial charge in [-0.05, 0) is 24.3 Å². The number of amides is 1. The van der Waals surface area contributed by atoms with Crippen LogP contribution < -0.4 is 11.5 Å². The number of carbonyl (C=O) groups excluding carboxylic acids is 1. The number of rotatable bonds is 1. The van der Waals surface area contributed by atoms with Gasteiger partial charge in [0.15, 0.2) is 5.96 Å². The van der Waals surface area contributed by atoms with E-state index in [1.54, 1.807) is 23.7 Å². The molecule has 6 heteroatoms. The molecule has 0 spiro atoms. The predicted molar refractivity (Wildman–Crippen MR) is 63.0 cm³/mol. The summed E-state index contributed by atoms with van der Waals surface area (Å²) in [6.45, 7) is 0. The van der Waals surface area contributed by atoms with E-state index < -0.39 is 5.91 Å². The number of fused-ring (bicyclic) bond motifs is 1. The molecule has 17 heavy (non-hydrogen) atoms. The lowest BCUT2D eigenvalue weighted by molar-refractivity contribution is 0.0995. The lowest BCUT2D eigenvalue weighted by atomic mass is 10.2. The van der Waals surface area contributed by atoms with Gasteiger partial charge in [0.25, 0.3) is 5.91 Å². The van der Waals surface area contributed by atoms with E-state index in [0.29, 0.717) is 11.1 Å². The van der Waals surface area contributed by atoms with Gasteiger partial charge in [-0.1, -0.05) is 0 Å². The lowest BCUT2D eigenvalue weighted by Gasteiger charge is -2.00. The van der Waals surface area contributed by atoms with Crippen molar-refractivity contribution in [3.05, 3.63) is 35.8 Å². The normalized spacial score (nSPS) is 10.5. The van der Waals surface area contributed by atoms with Crippen molar-refractivity contribution in [2.75, 3.05) is 0 Å². The van der Waals surface area contributed by atoms with Crippen LogP contribution in [0.1, 0.15) is 10.5 Å². The number of nitrogens with two attached hydrogens (primary N) is 2. The third-order valence-corrected chi connectivity index (χ3v) is 2.45. The molecule has 0 bridgehead atoms. The Morgan fingerprint density at radius 1 is 1.35 bits per heavy atom. The van der Waals surface area contributed by atoms with Crippen molar-refractivity contribution in [3.8, 4) is 0 Å². The summed E-state index contributed by atoms with van der Waals surface area (Å²) in [5, 5.41) is 0.627. The topological polar surface area (TPSA) is 86.4 Å². The third kappa shape index (κ3) is 1.96. The van der Waals surface area contributed by atoms with E-state index in [1.165, 1.54) is 12.1 Å². The van der Waals surface area contributed by atoms with Crippen molar-refractivity contribution in [2.24, 2.45) is 23.5 Å². The second-order valence-corrected chi connectivity index (χ2v) is 3.63. The highest BCUT2D eigenvalue weighted by atomic mass is 19.1. The summed E-state index contributed by atoms with van der Waals surface area (Å²) in [5.74, 6) is -1.21. The highest BCUT2D eigenvalue weighted by molar-refractivity contribution is 6.04. The second kappa shape index (κ2) is 3.89. The summed E-state index contributed by atoms with van der Waals surface area (Å²) in [6, 6.07) is 5.82. The molecular weight excluding hydrogens is 223 g/mol. The van der Waals surface area contributed by atoms with Crippen LogP contribution in [-0.4, -0.2) is 16.4 Å². The molecule has 0 unspecified atom stereocenters. The standard InChI is InChI=1S/C11H11FN4O/c1-16-8-3-2-7(12)4-6(8)5-9(16)10(17)15-11(13)14/h2-5H,1H3,(H4,13,14,15,17). The Labute approximate surface area is 96.5 Å². The molecule has 0 saturated carbocycles. The number of hydrogen-bond donors (Lipinski definition) is 2. The van der Waals surface area contributed by atoms with Gasteiger partial charge >= 0.3 is 0 Å². The molecule has 0 aliphatic heterocycles. The maximum Gasteiger partial charge on any atom is 0.296 e. The number of aliphatic imine (C=N–C) groups is 1. The molecule has 1 amide bonds. The smallest absolute Gasteiger partial charge is 0.296 e. The predicted octanol–water partition coefficient (Wildman–Crippen LogP) is 0.731. The van der Waals surface area contributed by atoms with Gasteiger partial charge < -0.3 is 16.0 Å². The molecule has 2 aromatic rings. The first kappa shape index (κ1) is 11.1. The molecule has 4 N–H and O–H groups in total. The van der Waals surface area contributed by atoms with Crippen LogP contribution in [0.4, 0.5) is 4.39 Å². The van der Waals surface area contributed by atoms with Crippen LogP contribution in [0.2, 0.25) is 0 Å². The molecule has 5 nitrogen and oxygen atoms in total. The first-order valence-corrected chi connectivity index (χ1v) is 4.88. The van der Waals surface area contributed by atoms with E-state index in [9.17, 15) is 9.18 Å². The molecule has 0 aliphatic rings. The Bertz CT molecular complexity index is 626. The van der Waals surface area contributed by atoms with Gasteiger partial charge in [0, 0.05) is 18.0 Å². The second-order valence-electron chi connectivity index (χ2n) is 3.63. The van der Waals surface area contributed by atoms with E-state index in [2.05, 4.69) is 4.99 Å². The number of nitrogens with zero attached hydrogens (tertiary/aromatic N) is 2. The number of hydrogen-bond acceptors (Lipinski definition) is 1. The first-order valence-electron chi connectivity index (χ1n) is 4.88. The minimum atomic E-state index is -0.552. The maximum atomic E-state index is 13.0. The largest absolute Gasteiger partial charge is 0.370 e. The Morgan fingerprint density at radius 3 is 2.71 bits per heavy atom. The average Bonchev–Trinajstić information content (AvgIpc) is 2.54. The quantitative estimate of drug-likeness (QED) is 0.563. The summed E-state index contributed by atoms with van der Waals surface area (Å²) >= 11 is 0. The zero-order chi connectivity index (χ0) is 12.6. The highest BCUT2D eigenvalue weighted by Gasteiger charge is 2.13. The Kier molecular flexibility index (Phi) is 2.55. The van der Waals surface area contributed by atoms with Gasteiger partial charge in [-0.3, -0.25) is 4.79 Å². The van der Waals surface area contributed by atoms with Gasteiger partial charge in [-0.15, -0.1) is 0 Å². The van der Waals surface area contributed by atoms with Gasteiger partial charge in [0.2, 0.25) is 0 Å². The van der Waals surface area contributed by atoms with Crippen LogP contribution in [0.5, 0.6) is 0 Å². The molecule has 0 atom stereocenters. The monoisotopic (exact) mass is 234 g/mol. The van der Waals surface area contributed by atoms with E-state index in [1.807, 2.05) is 0 Å². The zero-order valence-electron chi connectivity index (χ0n) is 9.14. The van der Waals surface area contributed by atoms with Crippen molar-refractivity contribution >= 4 is 22.8 Å². The van der Waals surface area contributed by atoms with E-state index >= 15 is 0 Å². The number of halogens is 1. The van der Waals surface area contributed by atoms with Gasteiger partial charge in [0.1, 0.15) is 11.5 Å². The Morgan fingerprint density at radius 2 is 2.06 bits per heavy atom. The fraction of sp³-hybridized carbons (Fsp3) is 0.0909. The van der Waals surface area contributed by atoms with Crippen molar-refractivity contribution < 1.29 is 9.18 Å². The molecular formula is C11H11FN4O. The minimum Gasteiger partial charge on any atom is -0.370 e. The van der Waals surface area contributed by atoms with E-state index in [-0.39, 0.29) is 11.8 Å². The van der Waals surface area contributed by atoms with E-state index in [4.69, 9.17) is 11.5 Å². The van der Waals surface area contributed by atoms with Crippen LogP contribution in [0.25, 0.3) is 10.9 Å². The SMILES string of the molecule is Cn1c(C(=O)N=C(N)N)cc2cc(F)ccc21. The first-order chi connectivity index (χ1) is 7.99. The van der Waals surface area contributed by atoms with Crippen molar-refractivity contribution in [1.82, 2.24) is 4.57 Å². The molecule has 0 radical (unpaired) electrons. The number of aromatic nitrogens is 1. The molecule has 1 aromatic heterocycles. The van der Waals surface area contributed by atoms with Crippen LogP contribution in [-0.2, 0) is 7.05 Å². The molecule has 0 fully saturated rings. The van der Waals surface area contributed by atoms with Crippen molar-refractivity contribution in [2.45, 2.75) is 0 Å². The molecule has 1 heterocycles. The summed E-state index contributed by atoms with van der Waals surface area (Å²) in [5.41, 5.74) is 11.3. The fourth-order valence-corrected chi connectivity index (χ4v) is 1.70. The van der Waals surface area contributed by atoms with Crippen LogP contribution >= 0.6 is 0 Å². The van der Waals surface area contributed by atoms with E-state index in [0.717, 1.165) is 5.52 Å². The summed E-state index contributed by atoms with van der Waals surface area (Å²) in [4.78, 5) is 15.1. The molecule has 88 valence electrons. The van der Waals surface area contributed by atoms with Crippen molar-refractivity contribution in [1.29, 1.82) is 0 Å². The zero-order valence-corrected chi connectivity index (χ0v) is 9.14. The van der Waals surface area contributed by atoms with Gasteiger partial charge in [-0.25, -0.2) is 4.39 Å². The fourth-order valence-electron chi connectivity index (χ4n) is 1.70. The van der Waals surface area contributed by atoms with Crippen LogP contribution in [0, 0.1) is 5.82 Å². The summed E-state index contributed by atoms with van der Waals surface area (Å²) < 4.78 is 14.6. The molecule has 0 aliphatic carbocycles. The number of carbonyl (C=O) groups is 1. The summed E-state index contributed by atoms with van der Waals surface area (Å²) in [7, 11) is 1.69.